The molecule has 1 aromatic carbocycles. The Kier molecular flexibility index (Phi) is 6.39. The van der Waals surface area contributed by atoms with Gasteiger partial charge in [-0.3, -0.25) is 9.69 Å². The summed E-state index contributed by atoms with van der Waals surface area (Å²) in [5.41, 5.74) is 7.50. The van der Waals surface area contributed by atoms with Crippen molar-refractivity contribution in [2.75, 3.05) is 31.5 Å². The lowest BCUT2D eigenvalue weighted by Crippen LogP contribution is -2.37. The number of carbonyl (C=O) groups excluding carboxylic acids is 1. The molecule has 0 radical (unpaired) electrons. The molecule has 1 aromatic rings. The Bertz CT molecular complexity index is 373. The lowest BCUT2D eigenvalue weighted by Gasteiger charge is -2.20. The Hall–Kier alpha value is -1.39. The van der Waals surface area contributed by atoms with Crippen LogP contribution in [0, 0.1) is 6.92 Å². The number of hydrogen-bond donors (Lipinski definition) is 2. The van der Waals surface area contributed by atoms with Crippen LogP contribution in [-0.2, 0) is 4.79 Å². The molecule has 0 heterocycles. The van der Waals surface area contributed by atoms with Crippen LogP contribution in [0.4, 0.5) is 5.69 Å². The fourth-order valence-corrected chi connectivity index (χ4v) is 1.87. The summed E-state index contributed by atoms with van der Waals surface area (Å²) in [6, 6.07) is 7.79. The second kappa shape index (κ2) is 7.84. The maximum absolute atomic E-state index is 11.9. The molecule has 0 saturated heterocycles. The van der Waals surface area contributed by atoms with Gasteiger partial charge in [-0.25, -0.2) is 0 Å². The van der Waals surface area contributed by atoms with Gasteiger partial charge in [0, 0.05) is 18.8 Å². The zero-order chi connectivity index (χ0) is 13.4. The Morgan fingerprint density at radius 2 is 2.06 bits per heavy atom. The first-order valence-electron chi connectivity index (χ1n) is 6.45. The Labute approximate surface area is 109 Å². The van der Waals surface area contributed by atoms with Crippen LogP contribution in [0.1, 0.15) is 18.9 Å². The highest BCUT2D eigenvalue weighted by molar-refractivity contribution is 5.92. The highest BCUT2D eigenvalue weighted by Crippen LogP contribution is 2.12. The molecule has 0 fully saturated rings. The standard InChI is InChI=1S/C14H23N3O/c1-3-9-17(10-8-15)11-14(18)16-13-7-5-4-6-12(13)2/h4-7H,3,8-11,15H2,1-2H3,(H,16,18). The van der Waals surface area contributed by atoms with Crippen LogP contribution < -0.4 is 11.1 Å². The van der Waals surface area contributed by atoms with Crippen molar-refractivity contribution in [3.63, 3.8) is 0 Å². The first-order valence-corrected chi connectivity index (χ1v) is 6.45. The molecular formula is C14H23N3O. The number of amides is 1. The number of aryl methyl sites for hydroxylation is 1. The second-order valence-electron chi connectivity index (χ2n) is 4.43. The Morgan fingerprint density at radius 3 is 2.67 bits per heavy atom. The smallest absolute Gasteiger partial charge is 0.238 e. The van der Waals surface area contributed by atoms with E-state index in [1.165, 1.54) is 0 Å². The molecule has 1 amide bonds. The third-order valence-electron chi connectivity index (χ3n) is 2.77. The summed E-state index contributed by atoms with van der Waals surface area (Å²) in [5, 5.41) is 2.94. The molecule has 4 heteroatoms. The number of nitrogens with zero attached hydrogens (tertiary/aromatic N) is 1. The van der Waals surface area contributed by atoms with E-state index in [-0.39, 0.29) is 5.91 Å². The van der Waals surface area contributed by atoms with Crippen LogP contribution >= 0.6 is 0 Å². The minimum Gasteiger partial charge on any atom is -0.329 e. The average Bonchev–Trinajstić information content (AvgIpc) is 2.33. The first kappa shape index (κ1) is 14.7. The molecule has 0 spiro atoms. The third kappa shape index (κ3) is 4.85. The minimum atomic E-state index is 0.0196. The Balaban J connectivity index is 2.52. The molecular weight excluding hydrogens is 226 g/mol. The van der Waals surface area contributed by atoms with Gasteiger partial charge in [-0.2, -0.15) is 0 Å². The molecule has 1 rings (SSSR count). The summed E-state index contributed by atoms with van der Waals surface area (Å²) in [5.74, 6) is 0.0196. The van der Waals surface area contributed by atoms with Gasteiger partial charge in [-0.1, -0.05) is 25.1 Å². The summed E-state index contributed by atoms with van der Waals surface area (Å²) in [4.78, 5) is 14.0. The molecule has 0 atom stereocenters. The average molecular weight is 249 g/mol. The molecule has 0 aliphatic carbocycles. The SMILES string of the molecule is CCCN(CCN)CC(=O)Nc1ccccc1C. The monoisotopic (exact) mass is 249 g/mol. The number of nitrogens with two attached hydrogens (primary N) is 1. The number of nitrogens with one attached hydrogen (secondary N) is 1. The van der Waals surface area contributed by atoms with Gasteiger partial charge >= 0.3 is 0 Å². The number of rotatable bonds is 7. The largest absolute Gasteiger partial charge is 0.329 e. The Morgan fingerprint density at radius 1 is 1.33 bits per heavy atom. The van der Waals surface area contributed by atoms with E-state index in [1.54, 1.807) is 0 Å². The van der Waals surface area contributed by atoms with Crippen molar-refractivity contribution in [1.82, 2.24) is 4.90 Å². The molecule has 100 valence electrons. The van der Waals surface area contributed by atoms with Crippen molar-refractivity contribution >= 4 is 11.6 Å². The quantitative estimate of drug-likeness (QED) is 0.771. The number of anilines is 1. The molecule has 4 nitrogen and oxygen atoms in total. The van der Waals surface area contributed by atoms with Gasteiger partial charge in [0.05, 0.1) is 6.54 Å². The number of carbonyl (C=O) groups is 1. The van der Waals surface area contributed by atoms with Crippen molar-refractivity contribution in [1.29, 1.82) is 0 Å². The molecule has 0 aliphatic heterocycles. The van der Waals surface area contributed by atoms with Crippen LogP contribution in [0.3, 0.4) is 0 Å². The minimum absolute atomic E-state index is 0.0196. The maximum Gasteiger partial charge on any atom is 0.238 e. The van der Waals surface area contributed by atoms with Crippen LogP contribution in [0.25, 0.3) is 0 Å². The fourth-order valence-electron chi connectivity index (χ4n) is 1.87. The molecule has 0 aromatic heterocycles. The molecule has 0 bridgehead atoms. The van der Waals surface area contributed by atoms with Crippen molar-refractivity contribution < 1.29 is 4.79 Å². The normalized spacial score (nSPS) is 10.7. The highest BCUT2D eigenvalue weighted by Gasteiger charge is 2.10. The molecule has 0 unspecified atom stereocenters. The van der Waals surface area contributed by atoms with E-state index >= 15 is 0 Å². The van der Waals surface area contributed by atoms with Gasteiger partial charge in [0.25, 0.3) is 0 Å². The molecule has 3 N–H and O–H groups in total. The number of benzene rings is 1. The van der Waals surface area contributed by atoms with E-state index in [0.717, 1.165) is 30.8 Å². The summed E-state index contributed by atoms with van der Waals surface area (Å²) < 4.78 is 0. The lowest BCUT2D eigenvalue weighted by molar-refractivity contribution is -0.117. The van der Waals surface area contributed by atoms with Crippen LogP contribution in [0.2, 0.25) is 0 Å². The van der Waals surface area contributed by atoms with Gasteiger partial charge in [-0.05, 0) is 31.5 Å². The van der Waals surface area contributed by atoms with Crippen molar-refractivity contribution in [3.8, 4) is 0 Å². The zero-order valence-electron chi connectivity index (χ0n) is 11.3. The zero-order valence-corrected chi connectivity index (χ0v) is 11.3. The molecule has 0 aliphatic rings. The van der Waals surface area contributed by atoms with Crippen molar-refractivity contribution in [3.05, 3.63) is 29.8 Å². The predicted molar refractivity (Wildman–Crippen MR) is 75.6 cm³/mol. The summed E-state index contributed by atoms with van der Waals surface area (Å²) in [7, 11) is 0. The van der Waals surface area contributed by atoms with E-state index in [2.05, 4.69) is 17.1 Å². The van der Waals surface area contributed by atoms with Crippen molar-refractivity contribution in [2.24, 2.45) is 5.73 Å². The van der Waals surface area contributed by atoms with Gasteiger partial charge in [0.2, 0.25) is 5.91 Å². The van der Waals surface area contributed by atoms with E-state index in [4.69, 9.17) is 5.73 Å². The van der Waals surface area contributed by atoms with Gasteiger partial charge in [0.1, 0.15) is 0 Å². The first-order chi connectivity index (χ1) is 8.67. The highest BCUT2D eigenvalue weighted by atomic mass is 16.2. The van der Waals surface area contributed by atoms with E-state index in [0.29, 0.717) is 13.1 Å². The van der Waals surface area contributed by atoms with Gasteiger partial charge in [-0.15, -0.1) is 0 Å². The lowest BCUT2D eigenvalue weighted by atomic mass is 10.2. The van der Waals surface area contributed by atoms with E-state index < -0.39 is 0 Å². The van der Waals surface area contributed by atoms with Crippen LogP contribution in [0.5, 0.6) is 0 Å². The number of para-hydroxylation sites is 1. The van der Waals surface area contributed by atoms with Crippen LogP contribution in [-0.4, -0.2) is 37.0 Å². The van der Waals surface area contributed by atoms with E-state index in [1.807, 2.05) is 31.2 Å². The summed E-state index contributed by atoms with van der Waals surface area (Å²) in [6.07, 6.45) is 1.03. The summed E-state index contributed by atoms with van der Waals surface area (Å²) >= 11 is 0. The van der Waals surface area contributed by atoms with Gasteiger partial charge < -0.3 is 11.1 Å². The predicted octanol–water partition coefficient (Wildman–Crippen LogP) is 1.60. The number of hydrogen-bond acceptors (Lipinski definition) is 3. The second-order valence-corrected chi connectivity index (χ2v) is 4.43. The molecule has 0 saturated carbocycles. The van der Waals surface area contributed by atoms with E-state index in [9.17, 15) is 4.79 Å². The van der Waals surface area contributed by atoms with Crippen molar-refractivity contribution in [2.45, 2.75) is 20.3 Å². The van der Waals surface area contributed by atoms with Crippen LogP contribution in [0.15, 0.2) is 24.3 Å². The summed E-state index contributed by atoms with van der Waals surface area (Å²) in [6.45, 7) is 6.73. The topological polar surface area (TPSA) is 58.4 Å². The van der Waals surface area contributed by atoms with Gasteiger partial charge in [0.15, 0.2) is 0 Å². The fraction of sp³-hybridized carbons (Fsp3) is 0.500. The molecule has 18 heavy (non-hydrogen) atoms. The third-order valence-corrected chi connectivity index (χ3v) is 2.77. The maximum atomic E-state index is 11.9.